The molecule has 12 heteroatoms. The molecule has 1 aliphatic rings. The van der Waals surface area contributed by atoms with Crippen molar-refractivity contribution in [2.24, 2.45) is 0 Å². The minimum Gasteiger partial charge on any atom is -0.385 e. The molecule has 0 amide bonds. The summed E-state index contributed by atoms with van der Waals surface area (Å²) in [5.74, 6) is 0.242. The molecule has 0 aliphatic carbocycles. The molecule has 6 atom stereocenters. The SMILES string of the molecule is CCC(C)(C[C@H]1OC[C@](O)(n2ccc3c(N)ncnc32)[C@@H]1O)OP(=O)(O)C(C)(O)CC. The highest BCUT2D eigenvalue weighted by molar-refractivity contribution is 7.54. The first-order valence-corrected chi connectivity index (χ1v) is 11.7. The van der Waals surface area contributed by atoms with Gasteiger partial charge in [-0.15, -0.1) is 0 Å². The number of hydrogen-bond acceptors (Lipinski definition) is 9. The van der Waals surface area contributed by atoms with Gasteiger partial charge in [-0.3, -0.25) is 9.13 Å². The fraction of sp³-hybridized carbons (Fsp3) is 0.684. The Morgan fingerprint density at radius 2 is 2.06 bits per heavy atom. The van der Waals surface area contributed by atoms with E-state index in [9.17, 15) is 24.8 Å². The number of ether oxygens (including phenoxy) is 1. The van der Waals surface area contributed by atoms with Gasteiger partial charge in [0.1, 0.15) is 23.9 Å². The maximum atomic E-state index is 12.7. The van der Waals surface area contributed by atoms with Crippen molar-refractivity contribution in [2.75, 3.05) is 12.3 Å². The monoisotopic (exact) mass is 458 g/mol. The van der Waals surface area contributed by atoms with Gasteiger partial charge >= 0.3 is 7.60 Å². The number of nitrogen functional groups attached to an aromatic ring is 1. The van der Waals surface area contributed by atoms with E-state index in [2.05, 4.69) is 9.97 Å². The average Bonchev–Trinajstić information content (AvgIpc) is 3.26. The lowest BCUT2D eigenvalue weighted by Gasteiger charge is -2.38. The average molecular weight is 458 g/mol. The van der Waals surface area contributed by atoms with Crippen LogP contribution in [-0.2, 0) is 19.6 Å². The number of nitrogens with two attached hydrogens (primary N) is 1. The van der Waals surface area contributed by atoms with Gasteiger partial charge in [0.05, 0.1) is 23.7 Å². The Balaban J connectivity index is 1.85. The summed E-state index contributed by atoms with van der Waals surface area (Å²) >= 11 is 0. The quantitative estimate of drug-likeness (QED) is 0.363. The van der Waals surface area contributed by atoms with Gasteiger partial charge in [0.25, 0.3) is 0 Å². The maximum absolute atomic E-state index is 12.7. The predicted octanol–water partition coefficient (Wildman–Crippen LogP) is 1.30. The highest BCUT2D eigenvalue weighted by Gasteiger charge is 2.53. The van der Waals surface area contributed by atoms with Gasteiger partial charge in [0, 0.05) is 12.6 Å². The third-order valence-corrected chi connectivity index (χ3v) is 8.49. The largest absolute Gasteiger partial charge is 0.385 e. The van der Waals surface area contributed by atoms with Gasteiger partial charge in [-0.05, 0) is 32.8 Å². The highest BCUT2D eigenvalue weighted by Crippen LogP contribution is 2.59. The number of aliphatic hydroxyl groups is 3. The van der Waals surface area contributed by atoms with Crippen LogP contribution >= 0.6 is 7.60 Å². The Labute approximate surface area is 180 Å². The van der Waals surface area contributed by atoms with Crippen molar-refractivity contribution in [3.63, 3.8) is 0 Å². The van der Waals surface area contributed by atoms with Crippen LogP contribution in [0.5, 0.6) is 0 Å². The zero-order valence-electron chi connectivity index (χ0n) is 18.1. The smallest absolute Gasteiger partial charge is 0.359 e. The molecule has 0 bridgehead atoms. The Morgan fingerprint density at radius 1 is 1.39 bits per heavy atom. The molecule has 1 fully saturated rings. The van der Waals surface area contributed by atoms with E-state index in [1.165, 1.54) is 17.8 Å². The van der Waals surface area contributed by atoms with Crippen LogP contribution in [0.1, 0.15) is 47.0 Å². The van der Waals surface area contributed by atoms with Crippen molar-refractivity contribution in [2.45, 2.75) is 75.8 Å². The third-order valence-electron chi connectivity index (χ3n) is 6.27. The third kappa shape index (κ3) is 4.11. The van der Waals surface area contributed by atoms with E-state index in [1.54, 1.807) is 33.0 Å². The second-order valence-electron chi connectivity index (χ2n) is 8.54. The van der Waals surface area contributed by atoms with Crippen LogP contribution in [0.2, 0.25) is 0 Å². The lowest BCUT2D eigenvalue weighted by molar-refractivity contribution is -0.111. The van der Waals surface area contributed by atoms with Crippen molar-refractivity contribution >= 4 is 24.4 Å². The number of anilines is 1. The number of aromatic nitrogens is 3. The summed E-state index contributed by atoms with van der Waals surface area (Å²) in [7, 11) is -4.41. The van der Waals surface area contributed by atoms with Crippen molar-refractivity contribution in [3.8, 4) is 0 Å². The zero-order valence-corrected chi connectivity index (χ0v) is 19.0. The number of hydrogen-bond donors (Lipinski definition) is 5. The fourth-order valence-electron chi connectivity index (χ4n) is 3.64. The first-order chi connectivity index (χ1) is 14.3. The van der Waals surface area contributed by atoms with Crippen LogP contribution in [0.25, 0.3) is 11.0 Å². The highest BCUT2D eigenvalue weighted by atomic mass is 31.2. The zero-order chi connectivity index (χ0) is 23.2. The molecule has 0 saturated carbocycles. The molecule has 31 heavy (non-hydrogen) atoms. The van der Waals surface area contributed by atoms with Crippen LogP contribution in [0.4, 0.5) is 5.82 Å². The van der Waals surface area contributed by atoms with Gasteiger partial charge in [0.2, 0.25) is 0 Å². The van der Waals surface area contributed by atoms with Gasteiger partial charge in [-0.1, -0.05) is 13.8 Å². The molecule has 11 nitrogen and oxygen atoms in total. The first kappa shape index (κ1) is 24.1. The van der Waals surface area contributed by atoms with Gasteiger partial charge in [0.15, 0.2) is 11.1 Å². The number of nitrogens with zero attached hydrogens (tertiary/aromatic N) is 3. The topological polar surface area (TPSA) is 173 Å². The van der Waals surface area contributed by atoms with Crippen LogP contribution < -0.4 is 5.73 Å². The summed E-state index contributed by atoms with van der Waals surface area (Å²) in [5, 5.41) is 31.1. The molecule has 0 radical (unpaired) electrons. The molecule has 3 rings (SSSR count). The molecular formula is C19H31N4O7P. The number of rotatable bonds is 8. The normalized spacial score (nSPS) is 30.1. The number of fused-ring (bicyclic) bond motifs is 1. The first-order valence-electron chi connectivity index (χ1n) is 10.2. The van der Waals surface area contributed by atoms with Gasteiger partial charge < -0.3 is 35.2 Å². The van der Waals surface area contributed by atoms with Crippen molar-refractivity contribution in [3.05, 3.63) is 18.6 Å². The molecule has 3 unspecified atom stereocenters. The Hall–Kier alpha value is -1.59. The molecule has 1 saturated heterocycles. The summed E-state index contributed by atoms with van der Waals surface area (Å²) in [6.45, 7) is 5.95. The van der Waals surface area contributed by atoms with Crippen molar-refractivity contribution in [1.82, 2.24) is 14.5 Å². The lowest BCUT2D eigenvalue weighted by Crippen LogP contribution is -2.47. The summed E-state index contributed by atoms with van der Waals surface area (Å²) in [5.41, 5.74) is 3.16. The van der Waals surface area contributed by atoms with E-state index < -0.39 is 36.5 Å². The van der Waals surface area contributed by atoms with Gasteiger partial charge in [-0.2, -0.15) is 0 Å². The summed E-state index contributed by atoms with van der Waals surface area (Å²) < 4.78 is 25.3. The van der Waals surface area contributed by atoms with E-state index in [0.29, 0.717) is 17.5 Å². The molecule has 2 aromatic heterocycles. The van der Waals surface area contributed by atoms with Crippen LogP contribution in [0.15, 0.2) is 18.6 Å². The number of aliphatic hydroxyl groups excluding tert-OH is 1. The van der Waals surface area contributed by atoms with E-state index in [1.807, 2.05) is 0 Å². The molecule has 174 valence electrons. The fourth-order valence-corrected chi connectivity index (χ4v) is 5.04. The van der Waals surface area contributed by atoms with E-state index in [4.69, 9.17) is 15.0 Å². The van der Waals surface area contributed by atoms with Crippen LogP contribution in [0.3, 0.4) is 0 Å². The molecule has 3 heterocycles. The minimum absolute atomic E-state index is 0.00758. The summed E-state index contributed by atoms with van der Waals surface area (Å²) in [6.07, 6.45) is 0.843. The molecular weight excluding hydrogens is 427 g/mol. The van der Waals surface area contributed by atoms with E-state index in [0.717, 1.165) is 0 Å². The van der Waals surface area contributed by atoms with Gasteiger partial charge in [-0.25, -0.2) is 9.97 Å². The minimum atomic E-state index is -4.41. The second kappa shape index (κ2) is 8.08. The van der Waals surface area contributed by atoms with Crippen molar-refractivity contribution in [1.29, 1.82) is 0 Å². The molecule has 0 aromatic carbocycles. The maximum Gasteiger partial charge on any atom is 0.359 e. The lowest BCUT2D eigenvalue weighted by atomic mass is 9.91. The van der Waals surface area contributed by atoms with E-state index >= 15 is 0 Å². The molecule has 0 spiro atoms. The summed E-state index contributed by atoms with van der Waals surface area (Å²) in [6, 6.07) is 1.64. The Morgan fingerprint density at radius 3 is 2.68 bits per heavy atom. The predicted molar refractivity (Wildman–Crippen MR) is 113 cm³/mol. The van der Waals surface area contributed by atoms with E-state index in [-0.39, 0.29) is 25.3 Å². The van der Waals surface area contributed by atoms with Crippen LogP contribution in [0, 0.1) is 0 Å². The Kier molecular flexibility index (Phi) is 6.27. The molecule has 1 aliphatic heterocycles. The molecule has 6 N–H and O–H groups in total. The second-order valence-corrected chi connectivity index (χ2v) is 10.7. The molecule has 2 aromatic rings. The standard InChI is InChI=1S/C19H31N4O7P/c1-5-17(3,30-31(27,28)18(4,25)6-2)9-13-14(24)19(26,10-29-13)23-8-7-12-15(20)21-11-22-16(12)23/h7-8,11,13-14,24-26H,5-6,9-10H2,1-4H3,(H,27,28)(H2,20,21,22)/t13-,14-,17?,18?,19-/m1/s1. The Bertz CT molecular complexity index is 999. The summed E-state index contributed by atoms with van der Waals surface area (Å²) in [4.78, 5) is 18.4. The van der Waals surface area contributed by atoms with Crippen molar-refractivity contribution < 1.29 is 34.0 Å². The van der Waals surface area contributed by atoms with Crippen LogP contribution in [-0.4, -0.2) is 64.5 Å².